The molecule has 4 bridgehead atoms. The minimum atomic E-state index is -5.94. The van der Waals surface area contributed by atoms with Gasteiger partial charge in [0.25, 0.3) is 0 Å². The Morgan fingerprint density at radius 3 is 2.12 bits per heavy atom. The van der Waals surface area contributed by atoms with Gasteiger partial charge in [0.2, 0.25) is 0 Å². The van der Waals surface area contributed by atoms with Crippen molar-refractivity contribution in [2.24, 2.45) is 11.8 Å². The summed E-state index contributed by atoms with van der Waals surface area (Å²) in [7, 11) is -5.94. The molecule has 25 heavy (non-hydrogen) atoms. The van der Waals surface area contributed by atoms with Crippen molar-refractivity contribution in [3.05, 3.63) is 0 Å². The SMILES string of the molecule is O=C(OC12CC3CC(O)(CC(C1)C31OCCO1)C2)C(F)(F)S(=O)(=O)O. The van der Waals surface area contributed by atoms with E-state index in [2.05, 4.69) is 0 Å². The van der Waals surface area contributed by atoms with Crippen molar-refractivity contribution < 1.29 is 45.9 Å². The van der Waals surface area contributed by atoms with Gasteiger partial charge >= 0.3 is 21.3 Å². The van der Waals surface area contributed by atoms with Crippen molar-refractivity contribution in [1.29, 1.82) is 0 Å². The number of carbonyl (C=O) groups is 1. The third-order valence-electron chi connectivity index (χ3n) is 5.89. The Hall–Kier alpha value is -0.880. The van der Waals surface area contributed by atoms with E-state index in [1.165, 1.54) is 0 Å². The third kappa shape index (κ3) is 2.36. The van der Waals surface area contributed by atoms with Crippen LogP contribution in [0, 0.1) is 11.8 Å². The Balaban J connectivity index is 1.63. The number of carbonyl (C=O) groups excluding carboxylic acids is 1. The number of ether oxygens (including phenoxy) is 3. The van der Waals surface area contributed by atoms with Crippen molar-refractivity contribution >= 4 is 16.1 Å². The minimum absolute atomic E-state index is 0.0592. The molecule has 0 aromatic carbocycles. The standard InChI is InChI=1S/C14H18F2O8S/c15-14(16,25(19,20)21)10(17)24-12-5-8-3-11(18,7-12)4-9(6-12)13(8)22-1-2-23-13/h8-9,18H,1-7H2,(H,19,20,21). The number of hydrogen-bond acceptors (Lipinski definition) is 7. The molecule has 1 saturated heterocycles. The van der Waals surface area contributed by atoms with Crippen LogP contribution in [0.15, 0.2) is 0 Å². The van der Waals surface area contributed by atoms with Crippen molar-refractivity contribution in [3.8, 4) is 0 Å². The van der Waals surface area contributed by atoms with Gasteiger partial charge in [0, 0.05) is 18.3 Å². The normalized spacial score (nSPS) is 42.1. The van der Waals surface area contributed by atoms with E-state index in [0.29, 0.717) is 26.1 Å². The molecule has 2 unspecified atom stereocenters. The Kier molecular flexibility index (Phi) is 3.43. The van der Waals surface area contributed by atoms with Gasteiger partial charge in [-0.05, 0) is 25.7 Å². The second-order valence-corrected chi connectivity index (χ2v) is 9.06. The summed E-state index contributed by atoms with van der Waals surface area (Å²) in [5, 5.41) is 5.67. The zero-order chi connectivity index (χ0) is 18.3. The second kappa shape index (κ2) is 4.89. The Bertz CT molecular complexity index is 696. The summed E-state index contributed by atoms with van der Waals surface area (Å²) in [6.07, 6.45) is 0.851. The van der Waals surface area contributed by atoms with Crippen LogP contribution >= 0.6 is 0 Å². The molecule has 0 radical (unpaired) electrons. The molecular formula is C14H18F2O8S. The fourth-order valence-electron chi connectivity index (χ4n) is 5.31. The molecule has 4 aliphatic carbocycles. The highest BCUT2D eigenvalue weighted by molar-refractivity contribution is 7.87. The number of hydrogen-bond donors (Lipinski definition) is 2. The topological polar surface area (TPSA) is 119 Å². The van der Waals surface area contributed by atoms with Crippen LogP contribution in [0.1, 0.15) is 32.1 Å². The summed E-state index contributed by atoms with van der Waals surface area (Å²) >= 11 is 0. The van der Waals surface area contributed by atoms with Crippen molar-refractivity contribution in [2.75, 3.05) is 13.2 Å². The van der Waals surface area contributed by atoms with Gasteiger partial charge in [0.15, 0.2) is 5.79 Å². The smallest absolute Gasteiger partial charge is 0.454 e. The number of rotatable bonds is 3. The predicted molar refractivity (Wildman–Crippen MR) is 75.0 cm³/mol. The molecule has 1 aliphatic heterocycles. The van der Waals surface area contributed by atoms with Gasteiger partial charge in [-0.25, -0.2) is 4.79 Å². The van der Waals surface area contributed by atoms with Gasteiger partial charge in [-0.1, -0.05) is 0 Å². The molecule has 0 amide bonds. The van der Waals surface area contributed by atoms with E-state index in [-0.39, 0.29) is 31.1 Å². The van der Waals surface area contributed by atoms with Crippen molar-refractivity contribution in [2.45, 2.75) is 54.3 Å². The van der Waals surface area contributed by atoms with E-state index >= 15 is 0 Å². The number of alkyl halides is 2. The molecule has 0 aromatic rings. The first-order valence-corrected chi connectivity index (χ1v) is 9.44. The van der Waals surface area contributed by atoms with Gasteiger partial charge in [-0.3, -0.25) is 4.55 Å². The van der Waals surface area contributed by atoms with Gasteiger partial charge in [0.05, 0.1) is 18.8 Å². The van der Waals surface area contributed by atoms with Crippen LogP contribution in [-0.4, -0.2) is 59.5 Å². The highest BCUT2D eigenvalue weighted by atomic mass is 32.2. The van der Waals surface area contributed by atoms with Gasteiger partial charge in [-0.2, -0.15) is 17.2 Å². The zero-order valence-electron chi connectivity index (χ0n) is 13.1. The van der Waals surface area contributed by atoms with Crippen LogP contribution < -0.4 is 0 Å². The van der Waals surface area contributed by atoms with E-state index in [1.54, 1.807) is 0 Å². The van der Waals surface area contributed by atoms with E-state index in [1.807, 2.05) is 0 Å². The van der Waals surface area contributed by atoms with E-state index in [4.69, 9.17) is 18.8 Å². The summed E-state index contributed by atoms with van der Waals surface area (Å²) in [5.41, 5.74) is -2.63. The van der Waals surface area contributed by atoms with Crippen LogP contribution in [0.4, 0.5) is 8.78 Å². The molecule has 2 N–H and O–H groups in total. The van der Waals surface area contributed by atoms with E-state index < -0.39 is 38.3 Å². The van der Waals surface area contributed by atoms with Crippen LogP contribution in [-0.2, 0) is 29.1 Å². The first-order chi connectivity index (χ1) is 11.4. The molecular weight excluding hydrogens is 366 g/mol. The fraction of sp³-hybridized carbons (Fsp3) is 0.929. The maximum absolute atomic E-state index is 13.6. The quantitative estimate of drug-likeness (QED) is 0.532. The molecule has 4 saturated carbocycles. The molecule has 5 aliphatic rings. The molecule has 1 spiro atoms. The second-order valence-electron chi connectivity index (χ2n) is 7.59. The maximum atomic E-state index is 13.6. The average Bonchev–Trinajstić information content (AvgIpc) is 2.92. The first kappa shape index (κ1) is 17.5. The summed E-state index contributed by atoms with van der Waals surface area (Å²) in [4.78, 5) is 11.8. The Morgan fingerprint density at radius 2 is 1.64 bits per heavy atom. The number of halogens is 2. The lowest BCUT2D eigenvalue weighted by Crippen LogP contribution is -2.70. The average molecular weight is 384 g/mol. The fourth-order valence-corrected chi connectivity index (χ4v) is 5.57. The van der Waals surface area contributed by atoms with Crippen molar-refractivity contribution in [1.82, 2.24) is 0 Å². The molecule has 11 heteroatoms. The molecule has 5 rings (SSSR count). The lowest BCUT2D eigenvalue weighted by Gasteiger charge is -2.64. The lowest BCUT2D eigenvalue weighted by atomic mass is 9.49. The highest BCUT2D eigenvalue weighted by Crippen LogP contribution is 2.64. The maximum Gasteiger partial charge on any atom is 0.465 e. The summed E-state index contributed by atoms with van der Waals surface area (Å²) < 4.78 is 73.7. The first-order valence-electron chi connectivity index (χ1n) is 8.00. The molecule has 1 heterocycles. The van der Waals surface area contributed by atoms with Crippen molar-refractivity contribution in [3.63, 3.8) is 0 Å². The minimum Gasteiger partial charge on any atom is -0.454 e. The third-order valence-corrected chi connectivity index (χ3v) is 6.70. The molecule has 8 nitrogen and oxygen atoms in total. The zero-order valence-corrected chi connectivity index (χ0v) is 13.9. The van der Waals surface area contributed by atoms with Gasteiger partial charge < -0.3 is 19.3 Å². The number of esters is 1. The van der Waals surface area contributed by atoms with Gasteiger partial charge in [-0.15, -0.1) is 0 Å². The highest BCUT2D eigenvalue weighted by Gasteiger charge is 2.71. The van der Waals surface area contributed by atoms with E-state index in [0.717, 1.165) is 0 Å². The summed E-state index contributed by atoms with van der Waals surface area (Å²) in [6.45, 7) is 0.776. The molecule has 0 aromatic heterocycles. The molecule has 2 atom stereocenters. The summed E-state index contributed by atoms with van der Waals surface area (Å²) in [6, 6.07) is 0. The predicted octanol–water partition coefficient (Wildman–Crippen LogP) is 0.447. The van der Waals surface area contributed by atoms with Crippen LogP contribution in [0.25, 0.3) is 0 Å². The monoisotopic (exact) mass is 384 g/mol. The van der Waals surface area contributed by atoms with Crippen LogP contribution in [0.3, 0.4) is 0 Å². The van der Waals surface area contributed by atoms with Crippen LogP contribution in [0.2, 0.25) is 0 Å². The Labute approximate surface area is 142 Å². The number of aliphatic hydroxyl groups is 1. The van der Waals surface area contributed by atoms with E-state index in [9.17, 15) is 27.1 Å². The Morgan fingerprint density at radius 1 is 1.12 bits per heavy atom. The van der Waals surface area contributed by atoms with Gasteiger partial charge in [0.1, 0.15) is 5.60 Å². The molecule has 5 fully saturated rings. The van der Waals surface area contributed by atoms with Crippen LogP contribution in [0.5, 0.6) is 0 Å². The largest absolute Gasteiger partial charge is 0.465 e. The lowest BCUT2D eigenvalue weighted by molar-refractivity contribution is -0.341. The molecule has 142 valence electrons. The summed E-state index contributed by atoms with van der Waals surface area (Å²) in [5.74, 6) is -3.95.